The van der Waals surface area contributed by atoms with E-state index in [1.165, 1.54) is 0 Å². The van der Waals surface area contributed by atoms with Crippen molar-refractivity contribution in [2.45, 2.75) is 13.5 Å². The molecule has 1 amide bonds. The van der Waals surface area contributed by atoms with Gasteiger partial charge in [-0.05, 0) is 36.1 Å². The molecule has 34 heavy (non-hydrogen) atoms. The Labute approximate surface area is 206 Å². The molecule has 1 fully saturated rings. The highest BCUT2D eigenvalue weighted by Crippen LogP contribution is 2.38. The smallest absolute Gasteiger partial charge is 0.258 e. The molecule has 178 valence electrons. The average Bonchev–Trinajstić information content (AvgIpc) is 3.48. The van der Waals surface area contributed by atoms with Crippen molar-refractivity contribution in [3.8, 4) is 11.5 Å². The highest BCUT2D eigenvalue weighted by Gasteiger charge is 2.14. The number of nitrogens with zero attached hydrogens (tertiary/aromatic N) is 2. The Balaban J connectivity index is 1.12. The monoisotopic (exact) mass is 497 g/mol. The number of nitrogens with one attached hydrogen (secondary N) is 1. The lowest BCUT2D eigenvalue weighted by molar-refractivity contribution is -0.123. The Kier molecular flexibility index (Phi) is 7.24. The fourth-order valence-corrected chi connectivity index (χ4v) is 5.80. The third-order valence-corrected chi connectivity index (χ3v) is 7.53. The maximum Gasteiger partial charge on any atom is 0.258 e. The first-order valence-corrected chi connectivity index (χ1v) is 13.0. The number of rotatable bonds is 9. The number of benzene rings is 2. The van der Waals surface area contributed by atoms with Crippen LogP contribution in [0.5, 0.6) is 11.5 Å². The van der Waals surface area contributed by atoms with E-state index >= 15 is 0 Å². The van der Waals surface area contributed by atoms with Crippen LogP contribution in [0.15, 0.2) is 41.8 Å². The molecule has 2 aromatic carbocycles. The highest BCUT2D eigenvalue weighted by atomic mass is 32.1. The number of thiazole rings is 1. The normalized spacial score (nSPS) is 14.5. The van der Waals surface area contributed by atoms with Gasteiger partial charge >= 0.3 is 0 Å². The molecule has 9 heteroatoms. The van der Waals surface area contributed by atoms with Gasteiger partial charge in [0, 0.05) is 37.6 Å². The molecule has 2 aromatic heterocycles. The van der Waals surface area contributed by atoms with Crippen molar-refractivity contribution in [2.24, 2.45) is 0 Å². The third-order valence-electron chi connectivity index (χ3n) is 5.70. The van der Waals surface area contributed by atoms with E-state index in [9.17, 15) is 4.79 Å². The Morgan fingerprint density at radius 3 is 2.97 bits per heavy atom. The van der Waals surface area contributed by atoms with Crippen LogP contribution >= 0.6 is 22.7 Å². The zero-order chi connectivity index (χ0) is 23.3. The molecular formula is C25H27N3O4S2. The lowest BCUT2D eigenvalue weighted by Crippen LogP contribution is -2.38. The number of ether oxygens (including phenoxy) is 3. The number of carbonyl (C=O) groups is 1. The molecule has 0 bridgehead atoms. The average molecular weight is 498 g/mol. The molecule has 0 aliphatic carbocycles. The molecule has 1 aliphatic heterocycles. The van der Waals surface area contributed by atoms with Crippen molar-refractivity contribution in [3.63, 3.8) is 0 Å². The number of aryl methyl sites for hydroxylation is 1. The van der Waals surface area contributed by atoms with Gasteiger partial charge in [-0.15, -0.1) is 22.7 Å². The summed E-state index contributed by atoms with van der Waals surface area (Å²) < 4.78 is 19.4. The van der Waals surface area contributed by atoms with E-state index in [2.05, 4.69) is 15.2 Å². The second-order valence-electron chi connectivity index (χ2n) is 8.13. The predicted octanol–water partition coefficient (Wildman–Crippen LogP) is 4.23. The molecule has 0 atom stereocenters. The molecule has 1 aliphatic rings. The van der Waals surface area contributed by atoms with Crippen LogP contribution in [-0.4, -0.2) is 61.9 Å². The van der Waals surface area contributed by atoms with Crippen LogP contribution in [0.4, 0.5) is 0 Å². The third kappa shape index (κ3) is 5.50. The van der Waals surface area contributed by atoms with Crippen LogP contribution in [0.2, 0.25) is 0 Å². The molecule has 0 unspecified atom stereocenters. The summed E-state index contributed by atoms with van der Waals surface area (Å²) in [6.07, 6.45) is 0. The van der Waals surface area contributed by atoms with E-state index in [4.69, 9.17) is 14.2 Å². The number of carbonyl (C=O) groups excluding carboxylic acids is 1. The van der Waals surface area contributed by atoms with E-state index in [0.717, 1.165) is 75.2 Å². The summed E-state index contributed by atoms with van der Waals surface area (Å²) in [7, 11) is 0. The van der Waals surface area contributed by atoms with Crippen molar-refractivity contribution in [1.29, 1.82) is 0 Å². The summed E-state index contributed by atoms with van der Waals surface area (Å²) >= 11 is 3.28. The first-order valence-electron chi connectivity index (χ1n) is 11.3. The number of hydrogen-bond acceptors (Lipinski definition) is 8. The van der Waals surface area contributed by atoms with Gasteiger partial charge in [0.15, 0.2) is 6.61 Å². The topological polar surface area (TPSA) is 72.9 Å². The zero-order valence-electron chi connectivity index (χ0n) is 19.0. The van der Waals surface area contributed by atoms with Crippen LogP contribution in [0, 0.1) is 6.92 Å². The van der Waals surface area contributed by atoms with Gasteiger partial charge in [0.2, 0.25) is 0 Å². The predicted molar refractivity (Wildman–Crippen MR) is 136 cm³/mol. The van der Waals surface area contributed by atoms with Gasteiger partial charge < -0.3 is 19.5 Å². The minimum absolute atomic E-state index is 0.0377. The minimum Gasteiger partial charge on any atom is -0.492 e. The lowest BCUT2D eigenvalue weighted by atomic mass is 10.2. The SMILES string of the molecule is Cc1nc2c(cc(OCC(=O)NCc3cccc(OCCN4CCOCC4)c3)c3ccsc32)s1. The lowest BCUT2D eigenvalue weighted by Gasteiger charge is -2.26. The number of aromatic nitrogens is 1. The maximum absolute atomic E-state index is 12.5. The number of thiophene rings is 1. The van der Waals surface area contributed by atoms with Crippen molar-refractivity contribution < 1.29 is 19.0 Å². The van der Waals surface area contributed by atoms with E-state index in [1.807, 2.05) is 48.7 Å². The Morgan fingerprint density at radius 1 is 1.21 bits per heavy atom. The molecule has 7 nitrogen and oxygen atoms in total. The number of amides is 1. The van der Waals surface area contributed by atoms with Crippen LogP contribution in [0.1, 0.15) is 10.6 Å². The van der Waals surface area contributed by atoms with Gasteiger partial charge in [-0.3, -0.25) is 9.69 Å². The standard InChI is InChI=1S/C25H27N3O4S2/c1-17-27-24-22(34-17)14-21(20-5-12-33-25(20)24)32-16-23(29)26-15-18-3-2-4-19(13-18)31-11-8-28-6-9-30-10-7-28/h2-5,12-14H,6-11,15-16H2,1H3,(H,26,29). The van der Waals surface area contributed by atoms with E-state index < -0.39 is 0 Å². The number of morpholine rings is 1. The second kappa shape index (κ2) is 10.7. The van der Waals surface area contributed by atoms with Crippen molar-refractivity contribution in [2.75, 3.05) is 46.1 Å². The first-order chi connectivity index (χ1) is 16.7. The zero-order valence-corrected chi connectivity index (χ0v) is 20.7. The van der Waals surface area contributed by atoms with Gasteiger partial charge in [-0.25, -0.2) is 4.98 Å². The fraction of sp³-hybridized carbons (Fsp3) is 0.360. The molecule has 1 N–H and O–H groups in total. The minimum atomic E-state index is -0.164. The largest absolute Gasteiger partial charge is 0.492 e. The number of fused-ring (bicyclic) bond motifs is 3. The quantitative estimate of drug-likeness (QED) is 0.373. The molecule has 1 saturated heterocycles. The van der Waals surface area contributed by atoms with Crippen molar-refractivity contribution >= 4 is 48.9 Å². The van der Waals surface area contributed by atoms with Crippen LogP contribution in [-0.2, 0) is 16.1 Å². The molecule has 5 rings (SSSR count). The Hall–Kier alpha value is -2.72. The first kappa shape index (κ1) is 23.0. The van der Waals surface area contributed by atoms with Crippen molar-refractivity contribution in [3.05, 3.63) is 52.3 Å². The molecule has 3 heterocycles. The molecule has 0 saturated carbocycles. The summed E-state index contributed by atoms with van der Waals surface area (Å²) in [4.78, 5) is 19.5. The van der Waals surface area contributed by atoms with Crippen LogP contribution in [0.3, 0.4) is 0 Å². The molecule has 0 radical (unpaired) electrons. The van der Waals surface area contributed by atoms with Gasteiger partial charge in [0.25, 0.3) is 5.91 Å². The van der Waals surface area contributed by atoms with Gasteiger partial charge in [-0.1, -0.05) is 12.1 Å². The van der Waals surface area contributed by atoms with E-state index in [0.29, 0.717) is 13.2 Å². The van der Waals surface area contributed by atoms with Crippen molar-refractivity contribution in [1.82, 2.24) is 15.2 Å². The fourth-order valence-electron chi connectivity index (χ4n) is 3.96. The molecule has 4 aromatic rings. The van der Waals surface area contributed by atoms with Crippen LogP contribution < -0.4 is 14.8 Å². The molecule has 0 spiro atoms. The second-order valence-corrected chi connectivity index (χ2v) is 10.3. The Morgan fingerprint density at radius 2 is 2.09 bits per heavy atom. The van der Waals surface area contributed by atoms with E-state index in [-0.39, 0.29) is 12.5 Å². The van der Waals surface area contributed by atoms with Gasteiger partial charge in [0.1, 0.15) is 18.1 Å². The summed E-state index contributed by atoms with van der Waals surface area (Å²) in [6, 6.07) is 11.8. The highest BCUT2D eigenvalue weighted by molar-refractivity contribution is 7.21. The summed E-state index contributed by atoms with van der Waals surface area (Å²) in [6.45, 7) is 7.37. The maximum atomic E-state index is 12.5. The summed E-state index contributed by atoms with van der Waals surface area (Å²) in [5, 5.41) is 6.99. The van der Waals surface area contributed by atoms with Crippen LogP contribution in [0.25, 0.3) is 20.3 Å². The summed E-state index contributed by atoms with van der Waals surface area (Å²) in [5.74, 6) is 1.37. The van der Waals surface area contributed by atoms with Gasteiger partial charge in [0.05, 0.1) is 33.1 Å². The molecular weight excluding hydrogens is 470 g/mol. The van der Waals surface area contributed by atoms with Gasteiger partial charge in [-0.2, -0.15) is 0 Å². The van der Waals surface area contributed by atoms with E-state index in [1.54, 1.807) is 22.7 Å². The Bertz CT molecular complexity index is 1280. The number of hydrogen-bond donors (Lipinski definition) is 1. The summed E-state index contributed by atoms with van der Waals surface area (Å²) in [5.41, 5.74) is 2.00.